The van der Waals surface area contributed by atoms with Crippen molar-refractivity contribution in [3.05, 3.63) is 63.0 Å². The molecule has 0 radical (unpaired) electrons. The molecular weight excluding hydrogens is 392 g/mol. The fourth-order valence-corrected chi connectivity index (χ4v) is 4.54. The summed E-state index contributed by atoms with van der Waals surface area (Å²) in [6.45, 7) is 2.72. The van der Waals surface area contributed by atoms with Gasteiger partial charge in [-0.15, -0.1) is 22.7 Å². The largest absolute Gasteiger partial charge is 0.486 e. The van der Waals surface area contributed by atoms with Gasteiger partial charge in [0.05, 0.1) is 19.6 Å². The fourth-order valence-electron chi connectivity index (χ4n) is 3.07. The molecule has 1 amide bonds. The highest BCUT2D eigenvalue weighted by atomic mass is 32.1. The Hall–Kier alpha value is -2.51. The van der Waals surface area contributed by atoms with Crippen molar-refractivity contribution in [1.82, 2.24) is 4.90 Å². The van der Waals surface area contributed by atoms with Crippen LogP contribution in [0.4, 0.5) is 5.69 Å². The normalized spacial score (nSPS) is 12.6. The van der Waals surface area contributed by atoms with Crippen LogP contribution in [0.2, 0.25) is 0 Å². The first-order valence-electron chi connectivity index (χ1n) is 9.12. The Balaban J connectivity index is 1.52. The van der Waals surface area contributed by atoms with E-state index in [1.165, 1.54) is 9.75 Å². The van der Waals surface area contributed by atoms with Gasteiger partial charge in [0.2, 0.25) is 5.91 Å². The van der Waals surface area contributed by atoms with Crippen LogP contribution in [0.3, 0.4) is 0 Å². The highest BCUT2D eigenvalue weighted by Crippen LogP contribution is 2.34. The maximum absolute atomic E-state index is 12.9. The molecule has 0 N–H and O–H groups in total. The topological polar surface area (TPSA) is 42.0 Å². The first-order chi connectivity index (χ1) is 13.7. The molecule has 0 saturated carbocycles. The molecule has 4 rings (SSSR count). The van der Waals surface area contributed by atoms with Crippen LogP contribution in [0.25, 0.3) is 0 Å². The Morgan fingerprint density at radius 2 is 1.64 bits per heavy atom. The van der Waals surface area contributed by atoms with E-state index in [0.29, 0.717) is 32.8 Å². The Morgan fingerprint density at radius 3 is 2.32 bits per heavy atom. The summed E-state index contributed by atoms with van der Waals surface area (Å²) in [5.41, 5.74) is 0.954. The number of ether oxygens (including phenoxy) is 2. The first kappa shape index (κ1) is 18.8. The molecule has 3 heterocycles. The van der Waals surface area contributed by atoms with E-state index in [2.05, 4.69) is 22.4 Å². The monoisotopic (exact) mass is 414 g/mol. The molecule has 5 nitrogen and oxygen atoms in total. The van der Waals surface area contributed by atoms with E-state index < -0.39 is 0 Å². The quantitative estimate of drug-likeness (QED) is 0.580. The van der Waals surface area contributed by atoms with Crippen LogP contribution in [-0.2, 0) is 17.9 Å². The molecule has 7 heteroatoms. The first-order valence-corrected chi connectivity index (χ1v) is 10.9. The number of amides is 1. The minimum atomic E-state index is 0.0832. The molecule has 0 bridgehead atoms. The highest BCUT2D eigenvalue weighted by molar-refractivity contribution is 7.10. The smallest absolute Gasteiger partial charge is 0.242 e. The van der Waals surface area contributed by atoms with Crippen molar-refractivity contribution in [2.24, 2.45) is 0 Å². The van der Waals surface area contributed by atoms with Crippen molar-refractivity contribution in [2.75, 3.05) is 31.7 Å². The average Bonchev–Trinajstić information content (AvgIpc) is 3.41. The van der Waals surface area contributed by atoms with Crippen molar-refractivity contribution >= 4 is 34.3 Å². The summed E-state index contributed by atoms with van der Waals surface area (Å²) in [7, 11) is 1.86. The van der Waals surface area contributed by atoms with E-state index in [1.54, 1.807) is 27.6 Å². The number of fused-ring (bicyclic) bond motifs is 1. The molecule has 0 unspecified atom stereocenters. The van der Waals surface area contributed by atoms with Gasteiger partial charge in [-0.2, -0.15) is 0 Å². The molecule has 0 aliphatic carbocycles. The Kier molecular flexibility index (Phi) is 5.83. The van der Waals surface area contributed by atoms with E-state index >= 15 is 0 Å². The maximum atomic E-state index is 12.9. The fraction of sp³-hybridized carbons (Fsp3) is 0.286. The second-order valence-corrected chi connectivity index (χ2v) is 8.66. The van der Waals surface area contributed by atoms with Gasteiger partial charge in [0, 0.05) is 28.6 Å². The number of hydrogen-bond acceptors (Lipinski definition) is 6. The van der Waals surface area contributed by atoms with Gasteiger partial charge in [0.1, 0.15) is 13.2 Å². The number of nitrogens with zero attached hydrogens (tertiary/aromatic N) is 2. The number of anilines is 1. The molecule has 28 heavy (non-hydrogen) atoms. The highest BCUT2D eigenvalue weighted by Gasteiger charge is 2.19. The lowest BCUT2D eigenvalue weighted by molar-refractivity contribution is -0.128. The van der Waals surface area contributed by atoms with Crippen LogP contribution in [0, 0.1) is 0 Å². The third-order valence-electron chi connectivity index (χ3n) is 4.54. The summed E-state index contributed by atoms with van der Waals surface area (Å²) in [5.74, 6) is 1.58. The number of thiophene rings is 2. The zero-order valence-corrected chi connectivity index (χ0v) is 17.3. The molecule has 0 atom stereocenters. The lowest BCUT2D eigenvalue weighted by Crippen LogP contribution is -2.37. The van der Waals surface area contributed by atoms with Crippen molar-refractivity contribution in [3.8, 4) is 11.5 Å². The van der Waals surface area contributed by atoms with Gasteiger partial charge in [0.15, 0.2) is 11.5 Å². The summed E-state index contributed by atoms with van der Waals surface area (Å²) in [4.78, 5) is 19.2. The Bertz CT molecular complexity index is 910. The van der Waals surface area contributed by atoms with Gasteiger partial charge < -0.3 is 19.3 Å². The van der Waals surface area contributed by atoms with Crippen LogP contribution in [0.5, 0.6) is 11.5 Å². The molecule has 1 aliphatic rings. The molecule has 146 valence electrons. The van der Waals surface area contributed by atoms with Gasteiger partial charge in [-0.05, 0) is 35.0 Å². The molecular formula is C21H22N2O3S2. The van der Waals surface area contributed by atoms with E-state index in [9.17, 15) is 4.79 Å². The molecule has 0 fully saturated rings. The minimum Gasteiger partial charge on any atom is -0.486 e. The van der Waals surface area contributed by atoms with Gasteiger partial charge >= 0.3 is 0 Å². The summed E-state index contributed by atoms with van der Waals surface area (Å²) in [5, 5.41) is 4.09. The predicted molar refractivity (Wildman–Crippen MR) is 114 cm³/mol. The van der Waals surface area contributed by atoms with E-state index in [1.807, 2.05) is 42.8 Å². The second kappa shape index (κ2) is 8.67. The number of carbonyl (C=O) groups is 1. The summed E-state index contributed by atoms with van der Waals surface area (Å²) >= 11 is 3.36. The summed E-state index contributed by atoms with van der Waals surface area (Å²) in [6.07, 6.45) is 0. The van der Waals surface area contributed by atoms with Crippen LogP contribution in [-0.4, -0.2) is 37.6 Å². The number of rotatable bonds is 7. The van der Waals surface area contributed by atoms with E-state index in [4.69, 9.17) is 9.47 Å². The molecule has 0 spiro atoms. The SMILES string of the molecule is CN(Cc1cccs1)C(=O)CN(Cc1cccs1)c1ccc2c(c1)OCCO2. The molecule has 2 aromatic heterocycles. The standard InChI is InChI=1S/C21H22N2O3S2/c1-22(13-17-4-2-10-27-17)21(24)15-23(14-18-5-3-11-28-18)16-6-7-19-20(12-16)26-9-8-25-19/h2-7,10-12H,8-9,13-15H2,1H3. The molecule has 0 saturated heterocycles. The Labute approximate surface area is 172 Å². The maximum Gasteiger partial charge on any atom is 0.242 e. The van der Waals surface area contributed by atoms with Crippen molar-refractivity contribution in [1.29, 1.82) is 0 Å². The lowest BCUT2D eigenvalue weighted by Gasteiger charge is -2.28. The van der Waals surface area contributed by atoms with Crippen molar-refractivity contribution < 1.29 is 14.3 Å². The average molecular weight is 415 g/mol. The van der Waals surface area contributed by atoms with E-state index in [-0.39, 0.29) is 5.91 Å². The number of likely N-dealkylation sites (N-methyl/N-ethyl adjacent to an activating group) is 1. The van der Waals surface area contributed by atoms with E-state index in [0.717, 1.165) is 17.2 Å². The molecule has 1 aliphatic heterocycles. The zero-order chi connectivity index (χ0) is 19.3. The number of hydrogen-bond donors (Lipinski definition) is 0. The third kappa shape index (κ3) is 4.48. The van der Waals surface area contributed by atoms with Crippen LogP contribution in [0.15, 0.2) is 53.2 Å². The van der Waals surface area contributed by atoms with Crippen molar-refractivity contribution in [2.45, 2.75) is 13.1 Å². The molecule has 3 aromatic rings. The predicted octanol–water partition coefficient (Wildman–Crippen LogP) is 4.25. The summed E-state index contributed by atoms with van der Waals surface area (Å²) in [6, 6.07) is 14.1. The van der Waals surface area contributed by atoms with Crippen LogP contribution >= 0.6 is 22.7 Å². The second-order valence-electron chi connectivity index (χ2n) is 6.59. The minimum absolute atomic E-state index is 0.0832. The Morgan fingerprint density at radius 1 is 0.964 bits per heavy atom. The van der Waals surface area contributed by atoms with Crippen molar-refractivity contribution in [3.63, 3.8) is 0 Å². The van der Waals surface area contributed by atoms with Crippen LogP contribution < -0.4 is 14.4 Å². The van der Waals surface area contributed by atoms with Gasteiger partial charge in [-0.1, -0.05) is 12.1 Å². The van der Waals surface area contributed by atoms with Gasteiger partial charge in [0.25, 0.3) is 0 Å². The summed E-state index contributed by atoms with van der Waals surface area (Å²) < 4.78 is 11.4. The van der Waals surface area contributed by atoms with Crippen LogP contribution in [0.1, 0.15) is 9.75 Å². The number of benzene rings is 1. The zero-order valence-electron chi connectivity index (χ0n) is 15.7. The lowest BCUT2D eigenvalue weighted by atomic mass is 10.2. The molecule has 1 aromatic carbocycles. The number of carbonyl (C=O) groups excluding carboxylic acids is 1. The van der Waals surface area contributed by atoms with Gasteiger partial charge in [-0.25, -0.2) is 0 Å². The van der Waals surface area contributed by atoms with Gasteiger partial charge in [-0.3, -0.25) is 4.79 Å². The third-order valence-corrected chi connectivity index (χ3v) is 6.26.